The van der Waals surface area contributed by atoms with Crippen molar-refractivity contribution in [2.45, 2.75) is 78.6 Å². The van der Waals surface area contributed by atoms with E-state index in [4.69, 9.17) is 28.0 Å². The van der Waals surface area contributed by atoms with Crippen LogP contribution in [0.2, 0.25) is 0 Å². The minimum absolute atomic E-state index is 0.191. The molecule has 0 fully saturated rings. The summed E-state index contributed by atoms with van der Waals surface area (Å²) in [5.41, 5.74) is 1.11. The standard InChI is InChI=1S/C28H51O7P/c1-4-6-7-8-9-10-11-12-13-18-30-19-20-31-21-22-32-23-24-33-25-26-36(29,34-5-2)35-28-16-14-27(3)15-17-28/h14-17H,4-13,18-26H2,1-3H3. The van der Waals surface area contributed by atoms with Crippen molar-refractivity contribution in [1.29, 1.82) is 0 Å². The highest BCUT2D eigenvalue weighted by molar-refractivity contribution is 7.54. The quantitative estimate of drug-likeness (QED) is 0.0926. The van der Waals surface area contributed by atoms with Crippen LogP contribution in [-0.2, 0) is 28.0 Å². The Balaban J connectivity index is 1.88. The summed E-state index contributed by atoms with van der Waals surface area (Å²) >= 11 is 0. The topological polar surface area (TPSA) is 72.5 Å². The molecule has 1 aromatic rings. The van der Waals surface area contributed by atoms with Crippen molar-refractivity contribution in [3.63, 3.8) is 0 Å². The van der Waals surface area contributed by atoms with Crippen LogP contribution in [0.1, 0.15) is 77.2 Å². The fourth-order valence-electron chi connectivity index (χ4n) is 3.55. The molecular weight excluding hydrogens is 479 g/mol. The first kappa shape index (κ1) is 33.1. The maximum absolute atomic E-state index is 12.9. The molecule has 8 heteroatoms. The summed E-state index contributed by atoms with van der Waals surface area (Å²) in [4.78, 5) is 0. The average Bonchev–Trinajstić information content (AvgIpc) is 2.86. The molecule has 0 saturated carbocycles. The van der Waals surface area contributed by atoms with Crippen molar-refractivity contribution in [3.8, 4) is 5.75 Å². The van der Waals surface area contributed by atoms with Crippen LogP contribution in [0, 0.1) is 6.92 Å². The van der Waals surface area contributed by atoms with Gasteiger partial charge in [-0.1, -0.05) is 76.0 Å². The summed E-state index contributed by atoms with van der Waals surface area (Å²) in [5, 5.41) is 0. The van der Waals surface area contributed by atoms with Gasteiger partial charge in [-0.05, 0) is 32.4 Å². The molecule has 0 heterocycles. The first-order valence-corrected chi connectivity index (χ1v) is 15.6. The summed E-state index contributed by atoms with van der Waals surface area (Å²) in [6.07, 6.45) is 12.1. The monoisotopic (exact) mass is 530 g/mol. The second kappa shape index (κ2) is 23.2. The molecule has 0 aliphatic carbocycles. The highest BCUT2D eigenvalue weighted by Crippen LogP contribution is 2.47. The Morgan fingerprint density at radius 1 is 0.611 bits per heavy atom. The van der Waals surface area contributed by atoms with Crippen molar-refractivity contribution in [2.24, 2.45) is 0 Å². The molecule has 1 unspecified atom stereocenters. The molecule has 0 aliphatic heterocycles. The second-order valence-corrected chi connectivity index (χ2v) is 11.0. The van der Waals surface area contributed by atoms with E-state index in [1.165, 1.54) is 51.4 Å². The van der Waals surface area contributed by atoms with E-state index in [0.29, 0.717) is 52.0 Å². The fourth-order valence-corrected chi connectivity index (χ4v) is 5.01. The number of unbranched alkanes of at least 4 members (excludes halogenated alkanes) is 8. The minimum Gasteiger partial charge on any atom is -0.424 e. The van der Waals surface area contributed by atoms with Gasteiger partial charge in [0.15, 0.2) is 0 Å². The van der Waals surface area contributed by atoms with E-state index in [-0.39, 0.29) is 12.8 Å². The first-order chi connectivity index (χ1) is 17.6. The third kappa shape index (κ3) is 19.2. The molecule has 0 saturated heterocycles. The Morgan fingerprint density at radius 2 is 1.08 bits per heavy atom. The van der Waals surface area contributed by atoms with Crippen molar-refractivity contribution in [2.75, 3.05) is 65.6 Å². The number of ether oxygens (including phenoxy) is 4. The smallest absolute Gasteiger partial charge is 0.381 e. The summed E-state index contributed by atoms with van der Waals surface area (Å²) in [6, 6.07) is 7.41. The SMILES string of the molecule is CCCCCCCCCCCOCCOCCOCCOCCP(=O)(OCC)Oc1ccc(C)cc1. The minimum atomic E-state index is -3.25. The molecule has 7 nitrogen and oxygen atoms in total. The van der Waals surface area contributed by atoms with E-state index in [1.54, 1.807) is 19.1 Å². The number of rotatable bonds is 26. The molecule has 0 radical (unpaired) electrons. The van der Waals surface area contributed by atoms with Gasteiger partial charge in [0.2, 0.25) is 0 Å². The van der Waals surface area contributed by atoms with Gasteiger partial charge in [0, 0.05) is 6.61 Å². The van der Waals surface area contributed by atoms with Gasteiger partial charge in [-0.25, -0.2) is 4.57 Å². The van der Waals surface area contributed by atoms with Crippen LogP contribution in [0.4, 0.5) is 0 Å². The third-order valence-corrected chi connectivity index (χ3v) is 7.48. The molecule has 1 atom stereocenters. The second-order valence-electron chi connectivity index (χ2n) is 8.93. The van der Waals surface area contributed by atoms with Crippen molar-refractivity contribution >= 4 is 7.60 Å². The lowest BCUT2D eigenvalue weighted by Gasteiger charge is -2.18. The normalized spacial score (nSPS) is 13.1. The molecule has 0 N–H and O–H groups in total. The molecule has 210 valence electrons. The summed E-state index contributed by atoms with van der Waals surface area (Å²) in [7, 11) is -3.25. The molecule has 0 amide bonds. The van der Waals surface area contributed by atoms with Crippen LogP contribution in [0.3, 0.4) is 0 Å². The van der Waals surface area contributed by atoms with Gasteiger partial charge in [0.25, 0.3) is 0 Å². The summed E-state index contributed by atoms with van der Waals surface area (Å²) in [6.45, 7) is 10.6. The van der Waals surface area contributed by atoms with E-state index in [9.17, 15) is 4.57 Å². The van der Waals surface area contributed by atoms with Gasteiger partial charge >= 0.3 is 7.60 Å². The largest absolute Gasteiger partial charge is 0.424 e. The Bertz CT molecular complexity index is 654. The molecule has 0 aliphatic rings. The summed E-state index contributed by atoms with van der Waals surface area (Å²) < 4.78 is 46.1. The fraction of sp³-hybridized carbons (Fsp3) is 0.786. The van der Waals surface area contributed by atoms with Crippen molar-refractivity contribution < 1.29 is 32.6 Å². The number of aryl methyl sites for hydroxylation is 1. The molecule has 36 heavy (non-hydrogen) atoms. The van der Waals surface area contributed by atoms with Crippen LogP contribution in [0.5, 0.6) is 5.75 Å². The van der Waals surface area contributed by atoms with Crippen LogP contribution in [-0.4, -0.2) is 65.6 Å². The van der Waals surface area contributed by atoms with Gasteiger partial charge in [-0.2, -0.15) is 0 Å². The highest BCUT2D eigenvalue weighted by atomic mass is 31.2. The van der Waals surface area contributed by atoms with Crippen LogP contribution < -0.4 is 4.52 Å². The molecule has 1 aromatic carbocycles. The Hall–Kier alpha value is -0.950. The lowest BCUT2D eigenvalue weighted by molar-refractivity contribution is -0.000912. The van der Waals surface area contributed by atoms with Gasteiger partial charge in [0.1, 0.15) is 5.75 Å². The van der Waals surface area contributed by atoms with Crippen LogP contribution >= 0.6 is 7.60 Å². The van der Waals surface area contributed by atoms with Gasteiger partial charge in [-0.3, -0.25) is 0 Å². The van der Waals surface area contributed by atoms with E-state index in [2.05, 4.69) is 6.92 Å². The predicted octanol–water partition coefficient (Wildman–Crippen LogP) is 7.20. The Kier molecular flexibility index (Phi) is 21.3. The summed E-state index contributed by atoms with van der Waals surface area (Å²) in [5.74, 6) is 0.537. The lowest BCUT2D eigenvalue weighted by atomic mass is 10.1. The van der Waals surface area contributed by atoms with Gasteiger partial charge in [-0.15, -0.1) is 0 Å². The Morgan fingerprint density at radius 3 is 1.61 bits per heavy atom. The molecule has 0 spiro atoms. The van der Waals surface area contributed by atoms with E-state index in [1.807, 2.05) is 19.1 Å². The number of benzene rings is 1. The number of hydrogen-bond acceptors (Lipinski definition) is 7. The zero-order valence-electron chi connectivity index (χ0n) is 23.0. The number of hydrogen-bond donors (Lipinski definition) is 0. The van der Waals surface area contributed by atoms with E-state index >= 15 is 0 Å². The van der Waals surface area contributed by atoms with Crippen molar-refractivity contribution in [1.82, 2.24) is 0 Å². The average molecular weight is 531 g/mol. The molecule has 1 rings (SSSR count). The van der Waals surface area contributed by atoms with Crippen molar-refractivity contribution in [3.05, 3.63) is 29.8 Å². The molecule has 0 bridgehead atoms. The molecule has 0 aromatic heterocycles. The Labute approximate surface area is 220 Å². The van der Waals surface area contributed by atoms with E-state index in [0.717, 1.165) is 18.6 Å². The zero-order valence-corrected chi connectivity index (χ0v) is 23.9. The van der Waals surface area contributed by atoms with E-state index < -0.39 is 7.60 Å². The van der Waals surface area contributed by atoms with Gasteiger partial charge in [0.05, 0.1) is 59.0 Å². The first-order valence-electron chi connectivity index (χ1n) is 13.9. The van der Waals surface area contributed by atoms with Crippen LogP contribution in [0.25, 0.3) is 0 Å². The van der Waals surface area contributed by atoms with Gasteiger partial charge < -0.3 is 28.0 Å². The van der Waals surface area contributed by atoms with Crippen LogP contribution in [0.15, 0.2) is 24.3 Å². The maximum Gasteiger partial charge on any atom is 0.381 e. The highest BCUT2D eigenvalue weighted by Gasteiger charge is 2.25. The molecular formula is C28H51O7P. The third-order valence-electron chi connectivity index (χ3n) is 5.61. The predicted molar refractivity (Wildman–Crippen MR) is 146 cm³/mol. The maximum atomic E-state index is 12.9. The zero-order chi connectivity index (χ0) is 26.2. The lowest BCUT2D eigenvalue weighted by Crippen LogP contribution is -2.13.